The van der Waals surface area contributed by atoms with Gasteiger partial charge in [-0.3, -0.25) is 4.79 Å². The number of amides is 1. The zero-order valence-corrected chi connectivity index (χ0v) is 10.7. The molecule has 1 rings (SSSR count). The van der Waals surface area contributed by atoms with Gasteiger partial charge in [0, 0.05) is 5.75 Å². The Morgan fingerprint density at radius 2 is 1.95 bits per heavy atom. The lowest BCUT2D eigenvalue weighted by molar-refractivity contribution is -0.140. The van der Waals surface area contributed by atoms with Crippen LogP contribution in [0.3, 0.4) is 0 Å². The van der Waals surface area contributed by atoms with Gasteiger partial charge < -0.3 is 15.5 Å². The zero-order valence-electron chi connectivity index (χ0n) is 9.85. The van der Waals surface area contributed by atoms with E-state index in [0.29, 0.717) is 5.69 Å². The molecule has 0 fully saturated rings. The van der Waals surface area contributed by atoms with Crippen molar-refractivity contribution in [3.8, 4) is 5.75 Å². The van der Waals surface area contributed by atoms with Crippen LogP contribution in [-0.4, -0.2) is 40.4 Å². The molecule has 0 heterocycles. The summed E-state index contributed by atoms with van der Waals surface area (Å²) in [6.07, 6.45) is 0. The number of phenolic OH excluding ortho intramolecular Hbond substituents is 1. The van der Waals surface area contributed by atoms with Crippen LogP contribution in [0.4, 0.5) is 5.69 Å². The first-order valence-corrected chi connectivity index (χ1v) is 5.95. The van der Waals surface area contributed by atoms with Gasteiger partial charge in [-0.05, 0) is 24.3 Å². The number of thiol groups is 1. The van der Waals surface area contributed by atoms with Crippen LogP contribution in [0.5, 0.6) is 5.75 Å². The Morgan fingerprint density at radius 1 is 1.32 bits per heavy atom. The topological polar surface area (TPSA) is 111 Å². The second-order valence-corrected chi connectivity index (χ2v) is 3.92. The number of benzene rings is 1. The molecule has 0 aliphatic rings. The van der Waals surface area contributed by atoms with Gasteiger partial charge >= 0.3 is 5.97 Å². The lowest BCUT2D eigenvalue weighted by atomic mass is 10.3. The maximum absolute atomic E-state index is 11.4. The number of carboxylic acids is 1. The van der Waals surface area contributed by atoms with Crippen molar-refractivity contribution in [2.45, 2.75) is 6.04 Å². The predicted molar refractivity (Wildman–Crippen MR) is 70.9 cm³/mol. The third-order valence-electron chi connectivity index (χ3n) is 2.07. The van der Waals surface area contributed by atoms with E-state index in [0.717, 1.165) is 0 Å². The third kappa shape index (κ3) is 5.38. The Hall–Kier alpha value is -2.09. The molecule has 1 aromatic carbocycles. The molecule has 0 spiro atoms. The van der Waals surface area contributed by atoms with Gasteiger partial charge in [0.2, 0.25) is 5.91 Å². The quantitative estimate of drug-likeness (QED) is 0.460. The van der Waals surface area contributed by atoms with Crippen LogP contribution >= 0.6 is 12.6 Å². The van der Waals surface area contributed by atoms with Crippen molar-refractivity contribution in [1.29, 1.82) is 0 Å². The number of phenols is 1. The van der Waals surface area contributed by atoms with Gasteiger partial charge in [0.15, 0.2) is 0 Å². The minimum Gasteiger partial charge on any atom is -0.508 e. The van der Waals surface area contributed by atoms with E-state index in [2.05, 4.69) is 28.2 Å². The van der Waals surface area contributed by atoms with Crippen molar-refractivity contribution in [3.05, 3.63) is 24.3 Å². The highest BCUT2D eigenvalue weighted by Gasteiger charge is 2.17. The molecule has 19 heavy (non-hydrogen) atoms. The van der Waals surface area contributed by atoms with E-state index < -0.39 is 17.9 Å². The minimum absolute atomic E-state index is 0.00379. The minimum atomic E-state index is -1.15. The first kappa shape index (κ1) is 15.0. The van der Waals surface area contributed by atoms with Crippen LogP contribution in [0.25, 0.3) is 0 Å². The van der Waals surface area contributed by atoms with Crippen LogP contribution in [0, 0.1) is 0 Å². The van der Waals surface area contributed by atoms with E-state index in [-0.39, 0.29) is 18.0 Å². The summed E-state index contributed by atoms with van der Waals surface area (Å²) in [4.78, 5) is 22.0. The molecule has 8 heteroatoms. The Labute approximate surface area is 114 Å². The molecule has 0 saturated carbocycles. The van der Waals surface area contributed by atoms with E-state index in [1.165, 1.54) is 24.3 Å². The third-order valence-corrected chi connectivity index (χ3v) is 2.43. The second kappa shape index (κ2) is 7.37. The van der Waals surface area contributed by atoms with Gasteiger partial charge in [0.1, 0.15) is 18.3 Å². The first-order chi connectivity index (χ1) is 9.02. The highest BCUT2D eigenvalue weighted by Crippen LogP contribution is 2.16. The van der Waals surface area contributed by atoms with Crippen molar-refractivity contribution >= 4 is 30.2 Å². The number of nitrogens with one attached hydrogen (secondary N) is 1. The number of carbonyl (C=O) groups excluding carboxylic acids is 1. The number of hydrogen-bond acceptors (Lipinski definition) is 6. The lowest BCUT2D eigenvalue weighted by Gasteiger charge is -2.09. The van der Waals surface area contributed by atoms with E-state index >= 15 is 0 Å². The molecule has 0 radical (unpaired) electrons. The van der Waals surface area contributed by atoms with E-state index in [4.69, 9.17) is 10.2 Å². The molecular weight excluding hydrogens is 270 g/mol. The summed E-state index contributed by atoms with van der Waals surface area (Å²) < 4.78 is 0. The first-order valence-electron chi connectivity index (χ1n) is 5.32. The van der Waals surface area contributed by atoms with Crippen molar-refractivity contribution in [2.24, 2.45) is 10.2 Å². The number of rotatable bonds is 6. The van der Waals surface area contributed by atoms with E-state index in [1.807, 2.05) is 0 Å². The summed E-state index contributed by atoms with van der Waals surface area (Å²) in [5.41, 5.74) is 0.481. The molecule has 1 aromatic rings. The molecule has 3 N–H and O–H groups in total. The molecule has 0 aromatic heterocycles. The predicted octanol–water partition coefficient (Wildman–Crippen LogP) is 0.975. The largest absolute Gasteiger partial charge is 0.508 e. The van der Waals surface area contributed by atoms with Crippen LogP contribution in [0.1, 0.15) is 0 Å². The summed E-state index contributed by atoms with van der Waals surface area (Å²) in [6.45, 7) is -0.279. The molecular formula is C11H13N3O4S. The number of carbonyl (C=O) groups is 2. The summed E-state index contributed by atoms with van der Waals surface area (Å²) in [5.74, 6) is -1.60. The molecule has 1 atom stereocenters. The van der Waals surface area contributed by atoms with Gasteiger partial charge in [-0.25, -0.2) is 4.79 Å². The Bertz CT molecular complexity index is 475. The van der Waals surface area contributed by atoms with E-state index in [1.54, 1.807) is 0 Å². The molecule has 0 bridgehead atoms. The fourth-order valence-electron chi connectivity index (χ4n) is 1.13. The molecule has 7 nitrogen and oxygen atoms in total. The van der Waals surface area contributed by atoms with Gasteiger partial charge in [0.05, 0.1) is 5.69 Å². The summed E-state index contributed by atoms with van der Waals surface area (Å²) in [6, 6.07) is 4.90. The van der Waals surface area contributed by atoms with Crippen LogP contribution in [0.2, 0.25) is 0 Å². The molecule has 102 valence electrons. The summed E-state index contributed by atoms with van der Waals surface area (Å²) in [5, 5.41) is 27.4. The smallest absolute Gasteiger partial charge is 0.327 e. The molecule has 0 saturated heterocycles. The number of azo groups is 1. The highest BCUT2D eigenvalue weighted by molar-refractivity contribution is 7.80. The van der Waals surface area contributed by atoms with E-state index in [9.17, 15) is 9.59 Å². The van der Waals surface area contributed by atoms with Crippen molar-refractivity contribution in [3.63, 3.8) is 0 Å². The summed E-state index contributed by atoms with van der Waals surface area (Å²) in [7, 11) is 0. The summed E-state index contributed by atoms with van der Waals surface area (Å²) >= 11 is 3.81. The molecule has 1 unspecified atom stereocenters. The van der Waals surface area contributed by atoms with Crippen molar-refractivity contribution in [2.75, 3.05) is 12.3 Å². The Morgan fingerprint density at radius 3 is 2.47 bits per heavy atom. The van der Waals surface area contributed by atoms with Crippen molar-refractivity contribution < 1.29 is 19.8 Å². The molecule has 1 amide bonds. The average molecular weight is 283 g/mol. The fraction of sp³-hybridized carbons (Fsp3) is 0.273. The zero-order chi connectivity index (χ0) is 14.3. The van der Waals surface area contributed by atoms with Gasteiger partial charge in [-0.1, -0.05) is 0 Å². The highest BCUT2D eigenvalue weighted by atomic mass is 32.1. The molecule has 0 aliphatic heterocycles. The number of hydrogen-bond donors (Lipinski definition) is 4. The number of aromatic hydroxyl groups is 1. The standard InChI is InChI=1S/C11H13N3O4S/c15-8-3-1-7(2-4-8)14-12-5-10(16)13-9(6-19)11(17)18/h1-4,9,15,19H,5-6H2,(H,13,16)(H,17,18). The SMILES string of the molecule is O=C(CN=Nc1ccc(O)cc1)NC(CS)C(=O)O. The van der Waals surface area contributed by atoms with Crippen LogP contribution in [0.15, 0.2) is 34.5 Å². The average Bonchev–Trinajstić information content (AvgIpc) is 2.38. The van der Waals surface area contributed by atoms with Gasteiger partial charge in [-0.15, -0.1) is 0 Å². The fourth-order valence-corrected chi connectivity index (χ4v) is 1.37. The normalized spacial score (nSPS) is 12.3. The molecule has 0 aliphatic carbocycles. The van der Waals surface area contributed by atoms with Gasteiger partial charge in [-0.2, -0.15) is 22.9 Å². The van der Waals surface area contributed by atoms with Gasteiger partial charge in [0.25, 0.3) is 0 Å². The van der Waals surface area contributed by atoms with Crippen LogP contribution < -0.4 is 5.32 Å². The second-order valence-electron chi connectivity index (χ2n) is 3.56. The maximum Gasteiger partial charge on any atom is 0.327 e. The van der Waals surface area contributed by atoms with Crippen molar-refractivity contribution in [1.82, 2.24) is 5.32 Å². The number of nitrogens with zero attached hydrogens (tertiary/aromatic N) is 2. The van der Waals surface area contributed by atoms with Crippen LogP contribution in [-0.2, 0) is 9.59 Å². The monoisotopic (exact) mass is 283 g/mol. The lowest BCUT2D eigenvalue weighted by Crippen LogP contribution is -2.43. The number of carboxylic acid groups (broad SMARTS) is 1. The number of aliphatic carboxylic acids is 1. The maximum atomic E-state index is 11.4. The Balaban J connectivity index is 2.45. The Kier molecular flexibility index (Phi) is 5.80.